The van der Waals surface area contributed by atoms with E-state index in [4.69, 9.17) is 16.2 Å². The third-order valence-electron chi connectivity index (χ3n) is 5.44. The summed E-state index contributed by atoms with van der Waals surface area (Å²) in [6, 6.07) is 14.5. The Bertz CT molecular complexity index is 1070. The van der Waals surface area contributed by atoms with Crippen molar-refractivity contribution >= 4 is 11.7 Å². The first-order chi connectivity index (χ1) is 14.9. The number of nitrogens with zero attached hydrogens (tertiary/aromatic N) is 2. The van der Waals surface area contributed by atoms with Gasteiger partial charge in [0.2, 0.25) is 0 Å². The van der Waals surface area contributed by atoms with Crippen molar-refractivity contribution in [3.05, 3.63) is 76.7 Å². The lowest BCUT2D eigenvalue weighted by molar-refractivity contribution is 0.0993. The summed E-state index contributed by atoms with van der Waals surface area (Å²) in [5.74, 6) is 0.472. The van der Waals surface area contributed by atoms with Gasteiger partial charge in [-0.25, -0.2) is 4.98 Å². The lowest BCUT2D eigenvalue weighted by Crippen LogP contribution is -2.22. The van der Waals surface area contributed by atoms with Crippen LogP contribution in [0.15, 0.2) is 48.8 Å². The highest BCUT2D eigenvalue weighted by Crippen LogP contribution is 2.41. The number of anilines is 1. The number of carbonyl (C=O) groups is 1. The molecule has 0 aliphatic carbocycles. The molecule has 0 fully saturated rings. The predicted molar refractivity (Wildman–Crippen MR) is 129 cm³/mol. The van der Waals surface area contributed by atoms with Crippen molar-refractivity contribution in [1.82, 2.24) is 9.55 Å². The molecule has 1 heterocycles. The van der Waals surface area contributed by atoms with Gasteiger partial charge in [0.1, 0.15) is 12.4 Å². The van der Waals surface area contributed by atoms with E-state index in [1.54, 1.807) is 10.9 Å². The Hall–Kier alpha value is -3.28. The highest BCUT2D eigenvalue weighted by atomic mass is 16.5. The van der Waals surface area contributed by atoms with Crippen molar-refractivity contribution in [3.8, 4) is 5.75 Å². The van der Waals surface area contributed by atoms with Gasteiger partial charge < -0.3 is 20.8 Å². The molecule has 3 aromatic rings. The smallest absolute Gasteiger partial charge is 0.269 e. The molecule has 0 saturated heterocycles. The van der Waals surface area contributed by atoms with Crippen LogP contribution in [0.1, 0.15) is 74.3 Å². The maximum absolute atomic E-state index is 11.9. The second-order valence-corrected chi connectivity index (χ2v) is 10.3. The molecule has 0 spiro atoms. The molecule has 3 rings (SSSR count). The summed E-state index contributed by atoms with van der Waals surface area (Å²) in [7, 11) is 0. The van der Waals surface area contributed by atoms with Crippen molar-refractivity contribution < 1.29 is 9.53 Å². The number of aromatic nitrogens is 2. The SMILES string of the molecule is CC(C)(C)c1cc(Cn2cnc(N)c2C(N)=O)cc(C(C)(C)C)c1OCc1ccccc1. The van der Waals surface area contributed by atoms with Gasteiger partial charge in [-0.3, -0.25) is 4.79 Å². The minimum Gasteiger partial charge on any atom is -0.488 e. The number of nitrogens with two attached hydrogens (primary N) is 2. The van der Waals surface area contributed by atoms with Crippen LogP contribution >= 0.6 is 0 Å². The van der Waals surface area contributed by atoms with Crippen LogP contribution in [0, 0.1) is 0 Å². The predicted octanol–water partition coefficient (Wildman–Crippen LogP) is 4.79. The van der Waals surface area contributed by atoms with Gasteiger partial charge in [0, 0.05) is 17.7 Å². The number of ether oxygens (including phenoxy) is 1. The van der Waals surface area contributed by atoms with Gasteiger partial charge in [-0.2, -0.15) is 0 Å². The largest absolute Gasteiger partial charge is 0.488 e. The number of benzene rings is 2. The number of hydrogen-bond donors (Lipinski definition) is 2. The van der Waals surface area contributed by atoms with Gasteiger partial charge in [-0.15, -0.1) is 0 Å². The molecule has 0 bridgehead atoms. The van der Waals surface area contributed by atoms with Crippen LogP contribution in [-0.4, -0.2) is 15.5 Å². The second kappa shape index (κ2) is 8.69. The average molecular weight is 435 g/mol. The molecule has 6 heteroatoms. The number of nitrogen functional groups attached to an aromatic ring is 1. The van der Waals surface area contributed by atoms with Gasteiger partial charge in [0.15, 0.2) is 11.5 Å². The van der Waals surface area contributed by atoms with E-state index in [2.05, 4.69) is 70.8 Å². The van der Waals surface area contributed by atoms with Crippen LogP contribution in [0.3, 0.4) is 0 Å². The highest BCUT2D eigenvalue weighted by molar-refractivity contribution is 5.95. The molecular formula is C26H34N4O2. The van der Waals surface area contributed by atoms with E-state index in [0.29, 0.717) is 13.2 Å². The third-order valence-corrected chi connectivity index (χ3v) is 5.44. The molecule has 0 saturated carbocycles. The molecule has 170 valence electrons. The van der Waals surface area contributed by atoms with Crippen LogP contribution in [0.4, 0.5) is 5.82 Å². The minimum atomic E-state index is -0.588. The van der Waals surface area contributed by atoms with Crippen LogP contribution in [0.5, 0.6) is 5.75 Å². The fourth-order valence-electron chi connectivity index (χ4n) is 3.76. The Labute approximate surface area is 190 Å². The molecular weight excluding hydrogens is 400 g/mol. The molecule has 0 aliphatic rings. The summed E-state index contributed by atoms with van der Waals surface area (Å²) in [5, 5.41) is 0. The fourth-order valence-corrected chi connectivity index (χ4v) is 3.76. The Kier molecular flexibility index (Phi) is 6.35. The zero-order valence-electron chi connectivity index (χ0n) is 19.9. The first-order valence-corrected chi connectivity index (χ1v) is 10.8. The van der Waals surface area contributed by atoms with Crippen molar-refractivity contribution in [3.63, 3.8) is 0 Å². The topological polar surface area (TPSA) is 96.2 Å². The van der Waals surface area contributed by atoms with Crippen LogP contribution in [0.25, 0.3) is 0 Å². The molecule has 0 atom stereocenters. The Morgan fingerprint density at radius 2 is 1.53 bits per heavy atom. The first-order valence-electron chi connectivity index (χ1n) is 10.8. The van der Waals surface area contributed by atoms with Crippen molar-refractivity contribution in [2.45, 2.75) is 65.5 Å². The van der Waals surface area contributed by atoms with Crippen molar-refractivity contribution in [2.24, 2.45) is 5.73 Å². The van der Waals surface area contributed by atoms with E-state index in [-0.39, 0.29) is 22.3 Å². The number of primary amides is 1. The van der Waals surface area contributed by atoms with Gasteiger partial charge >= 0.3 is 0 Å². The zero-order chi connectivity index (χ0) is 23.7. The van der Waals surface area contributed by atoms with Gasteiger partial charge in [-0.05, 0) is 34.1 Å². The summed E-state index contributed by atoms with van der Waals surface area (Å²) in [4.78, 5) is 16.0. The number of hydrogen-bond acceptors (Lipinski definition) is 4. The molecule has 1 aromatic heterocycles. The summed E-state index contributed by atoms with van der Waals surface area (Å²) in [6.07, 6.45) is 1.56. The van der Waals surface area contributed by atoms with Crippen molar-refractivity contribution in [2.75, 3.05) is 5.73 Å². The Balaban J connectivity index is 2.10. The van der Waals surface area contributed by atoms with E-state index in [9.17, 15) is 4.79 Å². The van der Waals surface area contributed by atoms with Gasteiger partial charge in [0.05, 0.1) is 6.33 Å². The summed E-state index contributed by atoms with van der Waals surface area (Å²) in [6.45, 7) is 14.0. The summed E-state index contributed by atoms with van der Waals surface area (Å²) >= 11 is 0. The molecule has 0 unspecified atom stereocenters. The standard InChI is InChI=1S/C26H34N4O2/c1-25(2,3)19-12-18(14-30-16-29-23(27)21(30)24(28)31)13-20(26(4,5)6)22(19)32-15-17-10-8-7-9-11-17/h7-13,16H,14-15,27H2,1-6H3,(H2,28,31). The van der Waals surface area contributed by atoms with E-state index in [1.165, 1.54) is 0 Å². The number of carbonyl (C=O) groups excluding carboxylic acids is 1. The average Bonchev–Trinajstić information content (AvgIpc) is 3.06. The zero-order valence-corrected chi connectivity index (χ0v) is 19.9. The van der Waals surface area contributed by atoms with E-state index in [0.717, 1.165) is 28.0 Å². The van der Waals surface area contributed by atoms with Crippen LogP contribution in [0.2, 0.25) is 0 Å². The van der Waals surface area contributed by atoms with E-state index >= 15 is 0 Å². The molecule has 4 N–H and O–H groups in total. The van der Waals surface area contributed by atoms with Crippen LogP contribution < -0.4 is 16.2 Å². The number of amides is 1. The Morgan fingerprint density at radius 1 is 0.969 bits per heavy atom. The first kappa shape index (κ1) is 23.4. The molecule has 0 aliphatic heterocycles. The monoisotopic (exact) mass is 434 g/mol. The van der Waals surface area contributed by atoms with Crippen molar-refractivity contribution in [1.29, 1.82) is 0 Å². The maximum atomic E-state index is 11.9. The van der Waals surface area contributed by atoms with Gasteiger partial charge in [0.25, 0.3) is 5.91 Å². The second-order valence-electron chi connectivity index (χ2n) is 10.3. The highest BCUT2D eigenvalue weighted by Gasteiger charge is 2.28. The van der Waals surface area contributed by atoms with Crippen LogP contribution in [-0.2, 0) is 24.0 Å². The summed E-state index contributed by atoms with van der Waals surface area (Å²) < 4.78 is 8.17. The molecule has 2 aromatic carbocycles. The number of imidazole rings is 1. The quantitative estimate of drug-likeness (QED) is 0.583. The minimum absolute atomic E-state index is 0.146. The Morgan fingerprint density at radius 3 is 2.03 bits per heavy atom. The lowest BCUT2D eigenvalue weighted by Gasteiger charge is -2.31. The molecule has 0 radical (unpaired) electrons. The van der Waals surface area contributed by atoms with E-state index < -0.39 is 5.91 Å². The molecule has 1 amide bonds. The molecule has 6 nitrogen and oxygen atoms in total. The number of rotatable bonds is 6. The van der Waals surface area contributed by atoms with E-state index in [1.807, 2.05) is 18.2 Å². The lowest BCUT2D eigenvalue weighted by atomic mass is 9.78. The summed E-state index contributed by atoms with van der Waals surface area (Å²) in [5.41, 5.74) is 15.7. The molecule has 32 heavy (non-hydrogen) atoms. The normalized spacial score (nSPS) is 12.1. The maximum Gasteiger partial charge on any atom is 0.269 e. The fraction of sp³-hybridized carbons (Fsp3) is 0.385. The third kappa shape index (κ3) is 5.13. The van der Waals surface area contributed by atoms with Gasteiger partial charge in [-0.1, -0.05) is 71.9 Å².